The maximum atomic E-state index is 13.6. The van der Waals surface area contributed by atoms with Gasteiger partial charge in [0, 0.05) is 58.7 Å². The van der Waals surface area contributed by atoms with Crippen molar-refractivity contribution < 1.29 is 49.0 Å². The van der Waals surface area contributed by atoms with Crippen LogP contribution in [0.5, 0.6) is 0 Å². The summed E-state index contributed by atoms with van der Waals surface area (Å²) in [6, 6.07) is 6.16. The number of likely N-dealkylation sites (tertiary alicyclic amines) is 2. The molecule has 0 radical (unpaired) electrons. The van der Waals surface area contributed by atoms with Gasteiger partial charge in [-0.3, -0.25) is 0 Å². The maximum Gasteiger partial charge on any atom is 0.341 e. The number of carbonyl (C=O) groups is 2. The minimum atomic E-state index is -2.07. The number of piperidine rings is 2. The molecule has 4 aliphatic heterocycles. The molecule has 2 saturated carbocycles. The molecule has 12 heteroatoms. The Labute approximate surface area is 312 Å². The van der Waals surface area contributed by atoms with Crippen LogP contribution in [0.3, 0.4) is 0 Å². The zero-order chi connectivity index (χ0) is 37.1. The average Bonchev–Trinajstić information content (AvgIpc) is 3.71. The molecule has 6 aliphatic carbocycles. The Morgan fingerprint density at radius 3 is 1.50 bits per heavy atom. The Morgan fingerprint density at radius 2 is 1.09 bits per heavy atom. The molecule has 54 heavy (non-hydrogen) atoms. The highest BCUT2D eigenvalue weighted by Crippen LogP contribution is 2.67. The lowest BCUT2D eigenvalue weighted by Crippen LogP contribution is -2.62. The number of hydrogen-bond donors (Lipinski definition) is 4. The molecule has 4 N–H and O–H groups in total. The summed E-state index contributed by atoms with van der Waals surface area (Å²) in [4.78, 5) is 32.0. The Balaban J connectivity index is 0.837. The van der Waals surface area contributed by atoms with Gasteiger partial charge in [-0.05, 0) is 88.3 Å². The Hall–Kier alpha value is -4.04. The maximum absolute atomic E-state index is 13.6. The van der Waals surface area contributed by atoms with Gasteiger partial charge < -0.3 is 49.2 Å². The van der Waals surface area contributed by atoms with Crippen LogP contribution in [0.1, 0.15) is 59.2 Å². The molecule has 12 nitrogen and oxygen atoms in total. The lowest BCUT2D eigenvalue weighted by atomic mass is 9.51. The molecule has 4 fully saturated rings. The van der Waals surface area contributed by atoms with Crippen molar-refractivity contribution in [3.8, 4) is 0 Å². The molecule has 1 aromatic rings. The number of nitrogens with zero attached hydrogens (tertiary/aromatic N) is 2. The van der Waals surface area contributed by atoms with Gasteiger partial charge in [0.25, 0.3) is 11.6 Å². The molecule has 2 unspecified atom stereocenters. The largest absolute Gasteiger partial charge is 0.483 e. The minimum absolute atomic E-state index is 0.00668. The van der Waals surface area contributed by atoms with Gasteiger partial charge in [-0.2, -0.15) is 0 Å². The molecule has 12 atom stereocenters. The number of ether oxygens (including phenoxy) is 4. The van der Waals surface area contributed by atoms with E-state index in [4.69, 9.17) is 18.9 Å². The molecule has 2 spiro atoms. The average molecular weight is 737 g/mol. The van der Waals surface area contributed by atoms with Crippen molar-refractivity contribution in [2.24, 2.45) is 22.7 Å². The molecule has 0 aromatic heterocycles. The fourth-order valence-electron chi connectivity index (χ4n) is 12.3. The van der Waals surface area contributed by atoms with Crippen LogP contribution >= 0.6 is 0 Å². The van der Waals surface area contributed by atoms with Gasteiger partial charge in [0.15, 0.2) is 11.5 Å². The predicted octanol–water partition coefficient (Wildman–Crippen LogP) is 2.63. The fourth-order valence-corrected chi connectivity index (χ4v) is 12.3. The first kappa shape index (κ1) is 33.3. The van der Waals surface area contributed by atoms with Gasteiger partial charge in [-0.1, -0.05) is 36.5 Å². The highest BCUT2D eigenvalue weighted by atomic mass is 16.7. The van der Waals surface area contributed by atoms with Crippen LogP contribution in [-0.4, -0.2) is 117 Å². The van der Waals surface area contributed by atoms with E-state index in [-0.39, 0.29) is 59.4 Å². The summed E-state index contributed by atoms with van der Waals surface area (Å²) in [5, 5.41) is 46.1. The standard InChI is InChI=1S/C42H44N2O10/c1-43-17-15-39-25-7-9-29(45)33(39)51-35-31(39)23(19-27(25)43)11-13-41(35,49)53-37(47)21-3-5-22(6-4-21)38(48)54-42(50)14-12-24-20-28-26-8-10-30(46)34-40(26,16-18-44(28)2)32(24)36(42)52-34/h3-12,25-30,33-34,45-46,49-50H,13-20H2,1-2H3/t25-,26-,27+,28+,29-,30-,33-,34-,39-,40-,41?,42?/m0/s1. The van der Waals surface area contributed by atoms with E-state index in [1.807, 2.05) is 12.2 Å². The van der Waals surface area contributed by atoms with Crippen molar-refractivity contribution in [2.45, 2.75) is 86.6 Å². The van der Waals surface area contributed by atoms with Crippen LogP contribution in [0.2, 0.25) is 0 Å². The summed E-state index contributed by atoms with van der Waals surface area (Å²) in [5.74, 6) is -5.16. The van der Waals surface area contributed by atoms with Gasteiger partial charge in [0.2, 0.25) is 0 Å². The smallest absolute Gasteiger partial charge is 0.341 e. The van der Waals surface area contributed by atoms with Crippen molar-refractivity contribution in [1.82, 2.24) is 9.80 Å². The second-order valence-corrected chi connectivity index (χ2v) is 17.2. The van der Waals surface area contributed by atoms with Crippen LogP contribution in [-0.2, 0) is 18.9 Å². The SMILES string of the molecule is CN1CC[C@]23C4=C5O[C@H]2[C@@H](O)C=C[C@H]3[C@H]1CC4=CCC5(O)OC(=O)c1ccc(C(=O)OC2(O)CC=C3C[C@@H]4[C@@H]5C=C[C@H](O)[C@@H]6OC2=C3[C@]56CCN4C)cc1. The van der Waals surface area contributed by atoms with E-state index < -0.39 is 58.8 Å². The molecule has 4 bridgehead atoms. The quantitative estimate of drug-likeness (QED) is 0.204. The van der Waals surface area contributed by atoms with Gasteiger partial charge in [0.1, 0.15) is 24.4 Å². The Kier molecular flexibility index (Phi) is 6.68. The second-order valence-electron chi connectivity index (χ2n) is 17.2. The molecule has 1 aromatic carbocycles. The molecule has 11 rings (SSSR count). The van der Waals surface area contributed by atoms with Crippen LogP contribution in [0.25, 0.3) is 0 Å². The lowest BCUT2D eigenvalue weighted by Gasteiger charge is -2.58. The normalized spacial score (nSPS) is 44.8. The first-order valence-electron chi connectivity index (χ1n) is 19.3. The van der Waals surface area contributed by atoms with E-state index in [1.54, 1.807) is 12.2 Å². The van der Waals surface area contributed by atoms with E-state index in [0.29, 0.717) is 0 Å². The van der Waals surface area contributed by atoms with Gasteiger partial charge in [-0.15, -0.1) is 0 Å². The third kappa shape index (κ3) is 4.03. The van der Waals surface area contributed by atoms with E-state index in [2.05, 4.69) is 36.0 Å². The molecular weight excluding hydrogens is 692 g/mol. The highest BCUT2D eigenvalue weighted by Gasteiger charge is 2.69. The third-order valence-corrected chi connectivity index (χ3v) is 14.8. The van der Waals surface area contributed by atoms with Crippen LogP contribution < -0.4 is 0 Å². The highest BCUT2D eigenvalue weighted by molar-refractivity contribution is 5.94. The Morgan fingerprint density at radius 1 is 0.685 bits per heavy atom. The Bertz CT molecular complexity index is 1950. The van der Waals surface area contributed by atoms with Crippen LogP contribution in [0.4, 0.5) is 0 Å². The van der Waals surface area contributed by atoms with E-state index in [9.17, 15) is 30.0 Å². The fraction of sp³-hybridized carbons (Fsp3) is 0.524. The van der Waals surface area contributed by atoms with Crippen molar-refractivity contribution >= 4 is 11.9 Å². The summed E-state index contributed by atoms with van der Waals surface area (Å²) in [7, 11) is 4.24. The zero-order valence-electron chi connectivity index (χ0n) is 30.2. The van der Waals surface area contributed by atoms with Crippen molar-refractivity contribution in [2.75, 3.05) is 27.2 Å². The van der Waals surface area contributed by atoms with Crippen molar-refractivity contribution in [3.63, 3.8) is 0 Å². The molecule has 282 valence electrons. The van der Waals surface area contributed by atoms with E-state index in [1.165, 1.54) is 24.3 Å². The molecule has 10 aliphatic rings. The number of esters is 2. The van der Waals surface area contributed by atoms with E-state index in [0.717, 1.165) is 61.1 Å². The van der Waals surface area contributed by atoms with Crippen LogP contribution in [0, 0.1) is 22.7 Å². The summed E-state index contributed by atoms with van der Waals surface area (Å²) in [6.45, 7) is 1.64. The second kappa shape index (κ2) is 10.8. The monoisotopic (exact) mass is 736 g/mol. The number of rotatable bonds is 4. The molecule has 2 saturated heterocycles. The first-order chi connectivity index (χ1) is 25.9. The van der Waals surface area contributed by atoms with E-state index >= 15 is 0 Å². The number of aliphatic hydroxyl groups is 4. The summed E-state index contributed by atoms with van der Waals surface area (Å²) >= 11 is 0. The summed E-state index contributed by atoms with van der Waals surface area (Å²) in [6.07, 6.45) is 11.8. The van der Waals surface area contributed by atoms with Crippen molar-refractivity contribution in [3.05, 3.63) is 106 Å². The van der Waals surface area contributed by atoms with Crippen molar-refractivity contribution in [1.29, 1.82) is 0 Å². The first-order valence-corrected chi connectivity index (χ1v) is 19.3. The molecule has 4 heterocycles. The minimum Gasteiger partial charge on any atom is -0.483 e. The molecular formula is C42H44N2O10. The van der Waals surface area contributed by atoms with Gasteiger partial charge in [-0.25, -0.2) is 9.59 Å². The zero-order valence-corrected chi connectivity index (χ0v) is 30.2. The number of carbonyl (C=O) groups excluding carboxylic acids is 2. The van der Waals surface area contributed by atoms with Crippen LogP contribution in [0.15, 0.2) is 94.5 Å². The summed E-state index contributed by atoms with van der Waals surface area (Å²) in [5.41, 5.74) is 3.02. The summed E-state index contributed by atoms with van der Waals surface area (Å²) < 4.78 is 24.6. The third-order valence-electron chi connectivity index (χ3n) is 14.8. The predicted molar refractivity (Wildman–Crippen MR) is 190 cm³/mol. The lowest BCUT2D eigenvalue weighted by molar-refractivity contribution is -0.175. The molecule has 0 amide bonds. The van der Waals surface area contributed by atoms with Gasteiger partial charge in [0.05, 0.1) is 11.1 Å². The number of hydrogen-bond acceptors (Lipinski definition) is 12. The van der Waals surface area contributed by atoms with Gasteiger partial charge >= 0.3 is 11.9 Å². The number of benzene rings is 1. The number of aliphatic hydroxyl groups excluding tert-OH is 2. The topological polar surface area (TPSA) is 158 Å².